The molecule has 2 bridgehead atoms. The lowest BCUT2D eigenvalue weighted by Crippen LogP contribution is -2.58. The Balaban J connectivity index is 1.36. The molecule has 6 nitrogen and oxygen atoms in total. The van der Waals surface area contributed by atoms with Crippen LogP contribution in [0.1, 0.15) is 25.7 Å². The molecule has 2 saturated heterocycles. The molecule has 2 unspecified atom stereocenters. The maximum Gasteiger partial charge on any atom is 0.415 e. The second-order valence-electron chi connectivity index (χ2n) is 7.56. The van der Waals surface area contributed by atoms with E-state index < -0.39 is 0 Å². The predicted octanol–water partition coefficient (Wildman–Crippen LogP) is 5.16. The van der Waals surface area contributed by atoms with Crippen LogP contribution in [-0.2, 0) is 0 Å². The zero-order chi connectivity index (χ0) is 19.3. The molecule has 2 aromatic rings. The summed E-state index contributed by atoms with van der Waals surface area (Å²) in [6.07, 6.45) is 4.53. The molecule has 28 heavy (non-hydrogen) atoms. The Morgan fingerprint density at radius 2 is 1.46 bits per heavy atom. The van der Waals surface area contributed by atoms with E-state index in [0.717, 1.165) is 31.6 Å². The van der Waals surface area contributed by atoms with Gasteiger partial charge in [0.05, 0.1) is 11.4 Å². The van der Waals surface area contributed by atoms with E-state index in [1.807, 2.05) is 35.2 Å². The Labute approximate surface area is 165 Å². The third-order valence-electron chi connectivity index (χ3n) is 5.68. The van der Waals surface area contributed by atoms with E-state index in [-0.39, 0.29) is 6.09 Å². The third kappa shape index (κ3) is 4.39. The molecule has 2 atom stereocenters. The van der Waals surface area contributed by atoms with Gasteiger partial charge in [-0.3, -0.25) is 4.90 Å². The summed E-state index contributed by atoms with van der Waals surface area (Å²) in [5.74, 6) is 0.533. The van der Waals surface area contributed by atoms with Crippen LogP contribution in [0, 0.1) is 0 Å². The van der Waals surface area contributed by atoms with Crippen molar-refractivity contribution >= 4 is 17.5 Å². The SMILES string of the molecule is CN1C2CCCCC1CN(C(=O)Oc1ccc(/N=N/c3ccccc3)cc1)C2. The summed E-state index contributed by atoms with van der Waals surface area (Å²) in [5.41, 5.74) is 1.52. The molecule has 2 aromatic carbocycles. The Morgan fingerprint density at radius 1 is 0.893 bits per heavy atom. The second-order valence-corrected chi connectivity index (χ2v) is 7.56. The van der Waals surface area contributed by atoms with Crippen LogP contribution < -0.4 is 4.74 Å². The number of fused-ring (bicyclic) bond motifs is 2. The fourth-order valence-electron chi connectivity index (χ4n) is 3.99. The summed E-state index contributed by atoms with van der Waals surface area (Å²) in [6, 6.07) is 17.6. The largest absolute Gasteiger partial charge is 0.415 e. The summed E-state index contributed by atoms with van der Waals surface area (Å²) in [5, 5.41) is 8.41. The molecule has 0 radical (unpaired) electrons. The van der Waals surface area contributed by atoms with Crippen molar-refractivity contribution in [3.8, 4) is 5.75 Å². The molecule has 0 spiro atoms. The number of hydrogen-bond acceptors (Lipinski definition) is 5. The maximum absolute atomic E-state index is 12.7. The van der Waals surface area contributed by atoms with Crippen LogP contribution in [0.4, 0.5) is 16.2 Å². The average molecular weight is 378 g/mol. The van der Waals surface area contributed by atoms with Crippen LogP contribution in [0.3, 0.4) is 0 Å². The van der Waals surface area contributed by atoms with Gasteiger partial charge in [-0.2, -0.15) is 10.2 Å². The molecule has 0 aromatic heterocycles. The highest BCUT2D eigenvalue weighted by molar-refractivity contribution is 5.71. The van der Waals surface area contributed by atoms with Crippen LogP contribution in [0.25, 0.3) is 0 Å². The highest BCUT2D eigenvalue weighted by Gasteiger charge is 2.36. The summed E-state index contributed by atoms with van der Waals surface area (Å²) >= 11 is 0. The number of rotatable bonds is 3. The first-order chi connectivity index (χ1) is 13.7. The van der Waals surface area contributed by atoms with Gasteiger partial charge in [0.2, 0.25) is 0 Å². The molecule has 2 aliphatic rings. The normalized spacial score (nSPS) is 22.8. The second kappa shape index (κ2) is 8.52. The van der Waals surface area contributed by atoms with Gasteiger partial charge in [0.15, 0.2) is 0 Å². The Hall–Kier alpha value is -2.73. The van der Waals surface area contributed by atoms with Crippen molar-refractivity contribution in [1.82, 2.24) is 9.80 Å². The Bertz CT molecular complexity index is 806. The van der Waals surface area contributed by atoms with Crippen LogP contribution >= 0.6 is 0 Å². The fraction of sp³-hybridized carbons (Fsp3) is 0.409. The minimum absolute atomic E-state index is 0.260. The summed E-state index contributed by atoms with van der Waals surface area (Å²) < 4.78 is 5.61. The zero-order valence-corrected chi connectivity index (χ0v) is 16.2. The summed E-state index contributed by atoms with van der Waals surface area (Å²) in [7, 11) is 2.19. The molecule has 2 aliphatic heterocycles. The van der Waals surface area contributed by atoms with Crippen molar-refractivity contribution in [3.63, 3.8) is 0 Å². The zero-order valence-electron chi connectivity index (χ0n) is 16.2. The Kier molecular flexibility index (Phi) is 5.67. The van der Waals surface area contributed by atoms with E-state index in [0.29, 0.717) is 23.5 Å². The predicted molar refractivity (Wildman–Crippen MR) is 108 cm³/mol. The molecule has 0 aliphatic carbocycles. The number of amides is 1. The van der Waals surface area contributed by atoms with Crippen LogP contribution in [-0.4, -0.2) is 48.1 Å². The van der Waals surface area contributed by atoms with Gasteiger partial charge in [0.25, 0.3) is 0 Å². The van der Waals surface area contributed by atoms with E-state index in [1.165, 1.54) is 12.8 Å². The quantitative estimate of drug-likeness (QED) is 0.693. The maximum atomic E-state index is 12.7. The number of ether oxygens (including phenoxy) is 1. The monoisotopic (exact) mass is 378 g/mol. The van der Waals surface area contributed by atoms with Crippen LogP contribution in [0.2, 0.25) is 0 Å². The van der Waals surface area contributed by atoms with E-state index in [1.54, 1.807) is 24.3 Å². The lowest BCUT2D eigenvalue weighted by Gasteiger charge is -2.43. The van der Waals surface area contributed by atoms with E-state index >= 15 is 0 Å². The van der Waals surface area contributed by atoms with Crippen molar-refractivity contribution < 1.29 is 9.53 Å². The highest BCUT2D eigenvalue weighted by atomic mass is 16.6. The number of azo groups is 1. The number of carbonyl (C=O) groups is 1. The fourth-order valence-corrected chi connectivity index (χ4v) is 3.99. The molecular weight excluding hydrogens is 352 g/mol. The van der Waals surface area contributed by atoms with Gasteiger partial charge in [0, 0.05) is 25.2 Å². The lowest BCUT2D eigenvalue weighted by atomic mass is 10.1. The first-order valence-electron chi connectivity index (χ1n) is 9.94. The van der Waals surface area contributed by atoms with Crippen molar-refractivity contribution in [1.29, 1.82) is 0 Å². The molecule has 2 fully saturated rings. The third-order valence-corrected chi connectivity index (χ3v) is 5.68. The molecule has 1 amide bonds. The Morgan fingerprint density at radius 3 is 2.07 bits per heavy atom. The van der Waals surface area contributed by atoms with E-state index in [4.69, 9.17) is 4.74 Å². The lowest BCUT2D eigenvalue weighted by molar-refractivity contribution is 0.0495. The van der Waals surface area contributed by atoms with Gasteiger partial charge in [-0.05, 0) is 56.3 Å². The van der Waals surface area contributed by atoms with Crippen molar-refractivity contribution in [3.05, 3.63) is 54.6 Å². The number of benzene rings is 2. The van der Waals surface area contributed by atoms with Crippen molar-refractivity contribution in [2.75, 3.05) is 20.1 Å². The molecule has 6 heteroatoms. The number of carbonyl (C=O) groups excluding carboxylic acids is 1. The molecule has 0 N–H and O–H groups in total. The molecular formula is C22H26N4O2. The molecule has 146 valence electrons. The first kappa shape index (κ1) is 18.6. The standard InChI is InChI=1S/C22H26N4O2/c1-25-19-9-5-6-10-20(25)16-26(15-19)22(27)28-21-13-11-18(12-14-21)24-23-17-7-3-2-4-8-17/h2-4,7-8,11-14,19-20H,5-6,9-10,15-16H2,1H3/b24-23+. The number of piperazine rings is 1. The van der Waals surface area contributed by atoms with Gasteiger partial charge < -0.3 is 9.64 Å². The van der Waals surface area contributed by atoms with Gasteiger partial charge in [-0.25, -0.2) is 4.79 Å². The van der Waals surface area contributed by atoms with Gasteiger partial charge in [-0.1, -0.05) is 31.0 Å². The van der Waals surface area contributed by atoms with Crippen molar-refractivity contribution in [2.24, 2.45) is 10.2 Å². The molecule has 0 saturated carbocycles. The number of hydrogen-bond donors (Lipinski definition) is 0. The molecule has 2 heterocycles. The van der Waals surface area contributed by atoms with E-state index in [9.17, 15) is 4.79 Å². The van der Waals surface area contributed by atoms with Gasteiger partial charge in [-0.15, -0.1) is 0 Å². The topological polar surface area (TPSA) is 57.5 Å². The summed E-state index contributed by atoms with van der Waals surface area (Å²) in [4.78, 5) is 17.0. The average Bonchev–Trinajstić information content (AvgIpc) is 2.82. The van der Waals surface area contributed by atoms with E-state index in [2.05, 4.69) is 22.2 Å². The van der Waals surface area contributed by atoms with Crippen molar-refractivity contribution in [2.45, 2.75) is 37.8 Å². The van der Waals surface area contributed by atoms with Gasteiger partial charge >= 0.3 is 6.09 Å². The van der Waals surface area contributed by atoms with Gasteiger partial charge in [0.1, 0.15) is 5.75 Å². The first-order valence-corrected chi connectivity index (χ1v) is 9.94. The summed E-state index contributed by atoms with van der Waals surface area (Å²) in [6.45, 7) is 1.49. The number of likely N-dealkylation sites (N-methyl/N-ethyl adjacent to an activating group) is 1. The highest BCUT2D eigenvalue weighted by Crippen LogP contribution is 2.27. The smallest absolute Gasteiger partial charge is 0.410 e. The van der Waals surface area contributed by atoms with Crippen LogP contribution in [0.5, 0.6) is 5.75 Å². The molecule has 4 rings (SSSR count). The minimum Gasteiger partial charge on any atom is -0.410 e. The minimum atomic E-state index is -0.260. The van der Waals surface area contributed by atoms with Crippen LogP contribution in [0.15, 0.2) is 64.8 Å². The number of nitrogens with zero attached hydrogens (tertiary/aromatic N) is 4.